The highest BCUT2D eigenvalue weighted by molar-refractivity contribution is 6.30. The van der Waals surface area contributed by atoms with E-state index in [0.29, 0.717) is 22.0 Å². The lowest BCUT2D eigenvalue weighted by Crippen LogP contribution is -2.33. The third-order valence-corrected chi connectivity index (χ3v) is 5.68. The van der Waals surface area contributed by atoms with Crippen molar-refractivity contribution in [1.29, 1.82) is 0 Å². The lowest BCUT2D eigenvalue weighted by Gasteiger charge is -2.26. The van der Waals surface area contributed by atoms with Gasteiger partial charge in [0, 0.05) is 16.8 Å². The third-order valence-electron chi connectivity index (χ3n) is 5.43. The highest BCUT2D eigenvalue weighted by atomic mass is 35.5. The Labute approximate surface area is 200 Å². The number of nitrogens with zero attached hydrogens (tertiary/aromatic N) is 1. The Morgan fingerprint density at radius 3 is 2.41 bits per heavy atom. The van der Waals surface area contributed by atoms with Gasteiger partial charge in [-0.25, -0.2) is 0 Å². The van der Waals surface area contributed by atoms with Crippen LogP contribution in [0.1, 0.15) is 30.1 Å². The number of carbonyl (C=O) groups excluding carboxylic acids is 1. The zero-order valence-corrected chi connectivity index (χ0v) is 19.0. The fourth-order valence-corrected chi connectivity index (χ4v) is 3.93. The van der Waals surface area contributed by atoms with Crippen LogP contribution in [0.2, 0.25) is 5.02 Å². The maximum atomic E-state index is 13.5. The first-order valence-corrected chi connectivity index (χ1v) is 11.0. The number of alkyl halides is 3. The normalized spacial score (nSPS) is 16.9. The van der Waals surface area contributed by atoms with Gasteiger partial charge in [0.05, 0.1) is 11.7 Å². The van der Waals surface area contributed by atoms with Crippen LogP contribution in [0, 0.1) is 0 Å². The number of nitrogens with one attached hydrogen (secondary N) is 1. The molecule has 0 aromatic heterocycles. The summed E-state index contributed by atoms with van der Waals surface area (Å²) in [4.78, 5) is 15.0. The molecule has 4 rings (SSSR count). The molecule has 1 aliphatic heterocycles. The van der Waals surface area contributed by atoms with Crippen LogP contribution in [0.15, 0.2) is 90.6 Å². The van der Waals surface area contributed by atoms with Gasteiger partial charge < -0.3 is 10.1 Å². The Morgan fingerprint density at radius 1 is 1.03 bits per heavy atom. The summed E-state index contributed by atoms with van der Waals surface area (Å²) in [5.74, 6) is -0.178. The standard InChI is InChI=1S/C26H22ClF3N2O2/c1-17(18-6-3-2-4-7-18)31-23-15-24(32(25(23)33)21-12-10-20(27)11-13-21)19-8-5-9-22(14-19)34-16-26(28,29)30/h2-15,17,24,31H,16H2,1H3/t17-,24+/m1/s1. The molecule has 3 aromatic rings. The Morgan fingerprint density at radius 2 is 1.74 bits per heavy atom. The highest BCUT2D eigenvalue weighted by Gasteiger charge is 2.35. The van der Waals surface area contributed by atoms with Crippen LogP contribution in [0.25, 0.3) is 0 Å². The van der Waals surface area contributed by atoms with E-state index >= 15 is 0 Å². The summed E-state index contributed by atoms with van der Waals surface area (Å²) in [7, 11) is 0. The van der Waals surface area contributed by atoms with E-state index in [1.54, 1.807) is 47.4 Å². The number of halogens is 4. The Balaban J connectivity index is 1.66. The van der Waals surface area contributed by atoms with Gasteiger partial charge in [0.25, 0.3) is 5.91 Å². The van der Waals surface area contributed by atoms with Crippen molar-refractivity contribution >= 4 is 23.2 Å². The number of benzene rings is 3. The first-order chi connectivity index (χ1) is 16.2. The van der Waals surface area contributed by atoms with Gasteiger partial charge in [0.2, 0.25) is 0 Å². The summed E-state index contributed by atoms with van der Waals surface area (Å²) in [6.07, 6.45) is -2.67. The van der Waals surface area contributed by atoms with E-state index in [1.165, 1.54) is 12.1 Å². The van der Waals surface area contributed by atoms with E-state index in [1.807, 2.05) is 37.3 Å². The Hall–Kier alpha value is -3.45. The molecule has 0 saturated carbocycles. The molecule has 1 aliphatic rings. The molecule has 0 saturated heterocycles. The van der Waals surface area contributed by atoms with Crippen molar-refractivity contribution < 1.29 is 22.7 Å². The van der Waals surface area contributed by atoms with E-state index in [2.05, 4.69) is 5.32 Å². The van der Waals surface area contributed by atoms with E-state index in [-0.39, 0.29) is 17.7 Å². The summed E-state index contributed by atoms with van der Waals surface area (Å²) in [5, 5.41) is 3.81. The van der Waals surface area contributed by atoms with Crippen molar-refractivity contribution in [2.24, 2.45) is 0 Å². The van der Waals surface area contributed by atoms with E-state index in [0.717, 1.165) is 5.56 Å². The van der Waals surface area contributed by atoms with Crippen LogP contribution in [-0.4, -0.2) is 18.7 Å². The monoisotopic (exact) mass is 486 g/mol. The van der Waals surface area contributed by atoms with Crippen molar-refractivity contribution in [3.05, 3.63) is 107 Å². The Kier molecular flexibility index (Phi) is 6.84. The van der Waals surface area contributed by atoms with Gasteiger partial charge in [-0.2, -0.15) is 13.2 Å². The SMILES string of the molecule is C[C@@H](NC1=C[C@@H](c2cccc(OCC(F)(F)F)c2)N(c2ccc(Cl)cc2)C1=O)c1ccccc1. The second-order valence-electron chi connectivity index (χ2n) is 7.93. The lowest BCUT2D eigenvalue weighted by molar-refractivity contribution is -0.153. The van der Waals surface area contributed by atoms with Gasteiger partial charge in [0.1, 0.15) is 5.75 Å². The van der Waals surface area contributed by atoms with Gasteiger partial charge >= 0.3 is 6.18 Å². The van der Waals surface area contributed by atoms with Crippen LogP contribution in [0.5, 0.6) is 5.75 Å². The summed E-state index contributed by atoms with van der Waals surface area (Å²) in [6.45, 7) is 0.563. The molecule has 0 fully saturated rings. The van der Waals surface area contributed by atoms with Gasteiger partial charge in [-0.05, 0) is 60.5 Å². The summed E-state index contributed by atoms with van der Waals surface area (Å²) in [5.41, 5.74) is 2.65. The number of carbonyl (C=O) groups is 1. The van der Waals surface area contributed by atoms with Crippen molar-refractivity contribution in [2.45, 2.75) is 25.2 Å². The number of hydrogen-bond acceptors (Lipinski definition) is 3. The first kappa shape index (κ1) is 23.7. The molecule has 8 heteroatoms. The van der Waals surface area contributed by atoms with Gasteiger partial charge in [-0.3, -0.25) is 9.69 Å². The van der Waals surface area contributed by atoms with Gasteiger partial charge in [0.15, 0.2) is 6.61 Å². The molecule has 1 amide bonds. The molecule has 4 nitrogen and oxygen atoms in total. The largest absolute Gasteiger partial charge is 0.484 e. The molecule has 2 atom stereocenters. The minimum Gasteiger partial charge on any atom is -0.484 e. The average molecular weight is 487 g/mol. The summed E-state index contributed by atoms with van der Waals surface area (Å²) < 4.78 is 42.8. The van der Waals surface area contributed by atoms with Crippen LogP contribution >= 0.6 is 11.6 Å². The molecule has 176 valence electrons. The van der Waals surface area contributed by atoms with Crippen LogP contribution in [-0.2, 0) is 4.79 Å². The number of hydrogen-bond donors (Lipinski definition) is 1. The van der Waals surface area contributed by atoms with Crippen LogP contribution in [0.3, 0.4) is 0 Å². The van der Waals surface area contributed by atoms with Crippen LogP contribution in [0.4, 0.5) is 18.9 Å². The third kappa shape index (κ3) is 5.54. The zero-order valence-electron chi connectivity index (χ0n) is 18.2. The van der Waals surface area contributed by atoms with Crippen molar-refractivity contribution in [2.75, 3.05) is 11.5 Å². The molecule has 1 heterocycles. The number of anilines is 1. The predicted octanol–water partition coefficient (Wildman–Crippen LogP) is 6.60. The summed E-state index contributed by atoms with van der Waals surface area (Å²) >= 11 is 6.03. The van der Waals surface area contributed by atoms with E-state index in [9.17, 15) is 18.0 Å². The maximum Gasteiger partial charge on any atom is 0.422 e. The topological polar surface area (TPSA) is 41.6 Å². The van der Waals surface area contributed by atoms with E-state index < -0.39 is 18.8 Å². The molecule has 1 N–H and O–H groups in total. The van der Waals surface area contributed by atoms with Gasteiger partial charge in [-0.15, -0.1) is 0 Å². The lowest BCUT2D eigenvalue weighted by atomic mass is 10.1. The van der Waals surface area contributed by atoms with Crippen molar-refractivity contribution in [3.63, 3.8) is 0 Å². The molecule has 0 radical (unpaired) electrons. The maximum absolute atomic E-state index is 13.5. The number of rotatable bonds is 7. The first-order valence-electron chi connectivity index (χ1n) is 10.6. The molecule has 34 heavy (non-hydrogen) atoms. The highest BCUT2D eigenvalue weighted by Crippen LogP contribution is 2.37. The van der Waals surface area contributed by atoms with Gasteiger partial charge in [-0.1, -0.05) is 54.1 Å². The van der Waals surface area contributed by atoms with Crippen LogP contribution < -0.4 is 15.0 Å². The second-order valence-corrected chi connectivity index (χ2v) is 8.37. The second kappa shape index (κ2) is 9.81. The quantitative estimate of drug-likeness (QED) is 0.409. The molecular formula is C26H22ClF3N2O2. The molecule has 0 bridgehead atoms. The molecule has 0 aliphatic carbocycles. The molecule has 0 unspecified atom stereocenters. The van der Waals surface area contributed by atoms with E-state index in [4.69, 9.17) is 16.3 Å². The minimum absolute atomic E-state index is 0.0748. The zero-order chi connectivity index (χ0) is 24.3. The van der Waals surface area contributed by atoms with Crippen molar-refractivity contribution in [3.8, 4) is 5.75 Å². The Bertz CT molecular complexity index is 1180. The number of amides is 1. The molecule has 0 spiro atoms. The number of ether oxygens (including phenoxy) is 1. The average Bonchev–Trinajstić information content (AvgIpc) is 3.14. The predicted molar refractivity (Wildman–Crippen MR) is 126 cm³/mol. The minimum atomic E-state index is -4.45. The fraction of sp³-hybridized carbons (Fsp3) is 0.192. The smallest absolute Gasteiger partial charge is 0.422 e. The molecule has 3 aromatic carbocycles. The van der Waals surface area contributed by atoms with Crippen molar-refractivity contribution in [1.82, 2.24) is 5.32 Å². The summed E-state index contributed by atoms with van der Waals surface area (Å²) in [6, 6.07) is 22.2. The fourth-order valence-electron chi connectivity index (χ4n) is 3.81. The molecular weight excluding hydrogens is 465 g/mol.